The number of benzene rings is 1. The van der Waals surface area contributed by atoms with Gasteiger partial charge in [0, 0.05) is 5.56 Å². The van der Waals surface area contributed by atoms with E-state index in [9.17, 15) is 12.8 Å². The van der Waals surface area contributed by atoms with E-state index in [1.54, 1.807) is 13.8 Å². The maximum absolute atomic E-state index is 13.6. The van der Waals surface area contributed by atoms with Gasteiger partial charge >= 0.3 is 0 Å². The predicted molar refractivity (Wildman–Crippen MR) is 71.8 cm³/mol. The summed E-state index contributed by atoms with van der Waals surface area (Å²) in [7, 11) is -3.20. The minimum absolute atomic E-state index is 0.0519. The summed E-state index contributed by atoms with van der Waals surface area (Å²) in [6.07, 6.45) is 0. The first-order valence-electron chi connectivity index (χ1n) is 5.72. The zero-order valence-corrected chi connectivity index (χ0v) is 11.6. The van der Waals surface area contributed by atoms with Crippen molar-refractivity contribution >= 4 is 15.7 Å². The van der Waals surface area contributed by atoms with Crippen molar-refractivity contribution in [3.05, 3.63) is 29.6 Å². The third-order valence-electron chi connectivity index (χ3n) is 2.59. The SMILES string of the molecule is CC(C)S(=O)(=O)CCOc1ccc(C(=N)N)cc1F. The van der Waals surface area contributed by atoms with Crippen LogP contribution in [0.4, 0.5) is 4.39 Å². The molecule has 0 fully saturated rings. The lowest BCUT2D eigenvalue weighted by Crippen LogP contribution is -2.22. The molecular formula is C12H17FN2O3S. The van der Waals surface area contributed by atoms with Crippen LogP contribution in [0.3, 0.4) is 0 Å². The van der Waals surface area contributed by atoms with Gasteiger partial charge in [0.25, 0.3) is 0 Å². The molecule has 0 saturated heterocycles. The van der Waals surface area contributed by atoms with Crippen LogP contribution in [0.1, 0.15) is 19.4 Å². The van der Waals surface area contributed by atoms with Crippen LogP contribution in [0.25, 0.3) is 0 Å². The predicted octanol–water partition coefficient (Wildman–Crippen LogP) is 1.31. The minimum atomic E-state index is -3.20. The third kappa shape index (κ3) is 4.20. The van der Waals surface area contributed by atoms with Crippen LogP contribution >= 0.6 is 0 Å². The largest absolute Gasteiger partial charge is 0.489 e. The standard InChI is InChI=1S/C12H17FN2O3S/c1-8(2)19(16,17)6-5-18-11-4-3-9(12(14)15)7-10(11)13/h3-4,7-8H,5-6H2,1-2H3,(H3,14,15). The quantitative estimate of drug-likeness (QED) is 0.609. The first kappa shape index (κ1) is 15.4. The Bertz CT molecular complexity index is 570. The van der Waals surface area contributed by atoms with Crippen LogP contribution in [0, 0.1) is 11.2 Å². The van der Waals surface area contributed by atoms with Crippen molar-refractivity contribution in [1.29, 1.82) is 5.41 Å². The highest BCUT2D eigenvalue weighted by molar-refractivity contribution is 7.91. The zero-order chi connectivity index (χ0) is 14.6. The molecule has 0 atom stereocenters. The Hall–Kier alpha value is -1.63. The summed E-state index contributed by atoms with van der Waals surface area (Å²) in [5.74, 6) is -1.13. The molecule has 106 valence electrons. The average molecular weight is 288 g/mol. The summed E-state index contributed by atoms with van der Waals surface area (Å²) in [5.41, 5.74) is 5.47. The Morgan fingerprint density at radius 3 is 2.58 bits per heavy atom. The number of nitrogens with one attached hydrogen (secondary N) is 1. The van der Waals surface area contributed by atoms with Crippen LogP contribution < -0.4 is 10.5 Å². The molecule has 0 aliphatic heterocycles. The van der Waals surface area contributed by atoms with E-state index < -0.39 is 20.9 Å². The lowest BCUT2D eigenvalue weighted by molar-refractivity contribution is 0.322. The van der Waals surface area contributed by atoms with Crippen LogP contribution in [-0.4, -0.2) is 31.9 Å². The molecule has 0 spiro atoms. The van der Waals surface area contributed by atoms with Crippen molar-refractivity contribution in [1.82, 2.24) is 0 Å². The molecule has 1 aromatic rings. The van der Waals surface area contributed by atoms with Gasteiger partial charge in [0.15, 0.2) is 21.4 Å². The second-order valence-electron chi connectivity index (χ2n) is 4.32. The van der Waals surface area contributed by atoms with Gasteiger partial charge in [0.05, 0.1) is 11.0 Å². The summed E-state index contributed by atoms with van der Waals surface area (Å²) in [5, 5.41) is 6.68. The van der Waals surface area contributed by atoms with E-state index in [4.69, 9.17) is 15.9 Å². The van der Waals surface area contributed by atoms with Gasteiger partial charge in [0.1, 0.15) is 12.4 Å². The molecule has 1 rings (SSSR count). The van der Waals surface area contributed by atoms with E-state index >= 15 is 0 Å². The van der Waals surface area contributed by atoms with Gasteiger partial charge in [-0.25, -0.2) is 12.8 Å². The number of amidine groups is 1. The highest BCUT2D eigenvalue weighted by Gasteiger charge is 2.16. The summed E-state index contributed by atoms with van der Waals surface area (Å²) in [6, 6.07) is 3.85. The third-order valence-corrected chi connectivity index (χ3v) is 4.76. The Kier molecular flexibility index (Phi) is 4.88. The molecule has 19 heavy (non-hydrogen) atoms. The fraction of sp³-hybridized carbons (Fsp3) is 0.417. The van der Waals surface area contributed by atoms with Crippen molar-refractivity contribution in [3.8, 4) is 5.75 Å². The van der Waals surface area contributed by atoms with E-state index in [0.29, 0.717) is 0 Å². The van der Waals surface area contributed by atoms with Crippen LogP contribution in [0.2, 0.25) is 0 Å². The fourth-order valence-corrected chi connectivity index (χ4v) is 2.08. The molecule has 0 aliphatic carbocycles. The Morgan fingerprint density at radius 1 is 1.47 bits per heavy atom. The summed E-state index contributed by atoms with van der Waals surface area (Å²) in [4.78, 5) is 0. The molecular weight excluding hydrogens is 271 g/mol. The van der Waals surface area contributed by atoms with Crippen LogP contribution in [0.5, 0.6) is 5.75 Å². The van der Waals surface area contributed by atoms with E-state index in [1.165, 1.54) is 12.1 Å². The maximum Gasteiger partial charge on any atom is 0.165 e. The van der Waals surface area contributed by atoms with E-state index in [2.05, 4.69) is 0 Å². The normalized spacial score (nSPS) is 11.6. The summed E-state index contributed by atoms with van der Waals surface area (Å²) in [6.45, 7) is 3.05. The smallest absolute Gasteiger partial charge is 0.165 e. The second-order valence-corrected chi connectivity index (χ2v) is 7.00. The molecule has 0 saturated carbocycles. The first-order chi connectivity index (χ1) is 8.74. The number of rotatable bonds is 6. The van der Waals surface area contributed by atoms with Crippen molar-refractivity contribution in [3.63, 3.8) is 0 Å². The van der Waals surface area contributed by atoms with Crippen LogP contribution in [0.15, 0.2) is 18.2 Å². The van der Waals surface area contributed by atoms with Gasteiger partial charge in [-0.3, -0.25) is 5.41 Å². The van der Waals surface area contributed by atoms with Gasteiger partial charge in [-0.1, -0.05) is 0 Å². The van der Waals surface area contributed by atoms with Crippen molar-refractivity contribution in [2.45, 2.75) is 19.1 Å². The Balaban J connectivity index is 2.67. The molecule has 0 heterocycles. The van der Waals surface area contributed by atoms with Gasteiger partial charge in [0.2, 0.25) is 0 Å². The zero-order valence-electron chi connectivity index (χ0n) is 10.8. The Labute approximate surface area is 112 Å². The van der Waals surface area contributed by atoms with Crippen molar-refractivity contribution < 1.29 is 17.5 Å². The highest BCUT2D eigenvalue weighted by Crippen LogP contribution is 2.18. The average Bonchev–Trinajstić information content (AvgIpc) is 2.30. The molecule has 3 N–H and O–H groups in total. The topological polar surface area (TPSA) is 93.2 Å². The second kappa shape index (κ2) is 6.01. The van der Waals surface area contributed by atoms with Crippen LogP contribution in [-0.2, 0) is 9.84 Å². The molecule has 0 unspecified atom stereocenters. The van der Waals surface area contributed by atoms with Gasteiger partial charge in [-0.05, 0) is 32.0 Å². The maximum atomic E-state index is 13.6. The van der Waals surface area contributed by atoms with E-state index in [0.717, 1.165) is 6.07 Å². The number of nitrogen functional groups attached to an aromatic ring is 1. The Morgan fingerprint density at radius 2 is 2.11 bits per heavy atom. The molecule has 0 bridgehead atoms. The molecule has 0 aliphatic rings. The van der Waals surface area contributed by atoms with Gasteiger partial charge < -0.3 is 10.5 Å². The molecule has 5 nitrogen and oxygen atoms in total. The van der Waals surface area contributed by atoms with Crippen molar-refractivity contribution in [2.24, 2.45) is 5.73 Å². The first-order valence-corrected chi connectivity index (χ1v) is 7.44. The highest BCUT2D eigenvalue weighted by atomic mass is 32.2. The minimum Gasteiger partial charge on any atom is -0.489 e. The lowest BCUT2D eigenvalue weighted by Gasteiger charge is -2.10. The monoisotopic (exact) mass is 288 g/mol. The number of sulfone groups is 1. The summed E-state index contributed by atoms with van der Waals surface area (Å²) < 4.78 is 41.7. The van der Waals surface area contributed by atoms with E-state index in [1.807, 2.05) is 0 Å². The molecule has 0 aromatic heterocycles. The van der Waals surface area contributed by atoms with E-state index in [-0.39, 0.29) is 29.5 Å². The number of hydrogen-bond acceptors (Lipinski definition) is 4. The van der Waals surface area contributed by atoms with Crippen molar-refractivity contribution in [2.75, 3.05) is 12.4 Å². The number of nitrogens with two attached hydrogens (primary N) is 1. The lowest BCUT2D eigenvalue weighted by atomic mass is 10.2. The molecule has 1 aromatic carbocycles. The fourth-order valence-electron chi connectivity index (χ4n) is 1.29. The number of halogens is 1. The number of ether oxygens (including phenoxy) is 1. The molecule has 0 amide bonds. The molecule has 7 heteroatoms. The number of hydrogen-bond donors (Lipinski definition) is 2. The van der Waals surface area contributed by atoms with Gasteiger partial charge in [-0.15, -0.1) is 0 Å². The molecule has 0 radical (unpaired) electrons. The summed E-state index contributed by atoms with van der Waals surface area (Å²) >= 11 is 0. The van der Waals surface area contributed by atoms with Gasteiger partial charge in [-0.2, -0.15) is 0 Å².